The van der Waals surface area contributed by atoms with Gasteiger partial charge in [0.15, 0.2) is 0 Å². The molecule has 0 bridgehead atoms. The molecule has 1 unspecified atom stereocenters. The highest BCUT2D eigenvalue weighted by molar-refractivity contribution is 7.89. The molecular formula is C11H17ClN2O2S. The van der Waals surface area contributed by atoms with Crippen LogP contribution < -0.4 is 0 Å². The van der Waals surface area contributed by atoms with E-state index in [-0.39, 0.29) is 16.1 Å². The second-order valence-corrected chi connectivity index (χ2v) is 5.97. The summed E-state index contributed by atoms with van der Waals surface area (Å²) in [6, 6.07) is 3.00. The van der Waals surface area contributed by atoms with Gasteiger partial charge in [-0.25, -0.2) is 13.4 Å². The average molecular weight is 277 g/mol. The number of aromatic nitrogens is 1. The van der Waals surface area contributed by atoms with Crippen molar-refractivity contribution in [1.82, 2.24) is 9.29 Å². The van der Waals surface area contributed by atoms with Crippen LogP contribution in [0, 0.1) is 0 Å². The van der Waals surface area contributed by atoms with Crippen LogP contribution in [0.15, 0.2) is 23.2 Å². The number of rotatable bonds is 5. The monoisotopic (exact) mass is 276 g/mol. The highest BCUT2D eigenvalue weighted by atomic mass is 35.5. The van der Waals surface area contributed by atoms with E-state index in [1.54, 1.807) is 6.07 Å². The molecule has 0 aromatic carbocycles. The van der Waals surface area contributed by atoms with Crippen molar-refractivity contribution in [2.45, 2.75) is 38.1 Å². The lowest BCUT2D eigenvalue weighted by atomic mass is 10.3. The summed E-state index contributed by atoms with van der Waals surface area (Å²) in [6.07, 6.45) is 2.23. The van der Waals surface area contributed by atoms with Crippen LogP contribution in [0.4, 0.5) is 0 Å². The maximum Gasteiger partial charge on any atom is 0.246 e. The SMILES string of the molecule is CCC(C)N(CC)S(=O)(=O)c1cccnc1Cl. The minimum Gasteiger partial charge on any atom is -0.243 e. The number of pyridine rings is 1. The zero-order valence-corrected chi connectivity index (χ0v) is 11.8. The summed E-state index contributed by atoms with van der Waals surface area (Å²) in [4.78, 5) is 3.88. The van der Waals surface area contributed by atoms with Gasteiger partial charge in [0.1, 0.15) is 10.0 Å². The van der Waals surface area contributed by atoms with Crippen LogP contribution in [-0.2, 0) is 10.0 Å². The van der Waals surface area contributed by atoms with Gasteiger partial charge in [0, 0.05) is 18.8 Å². The molecule has 1 atom stereocenters. The van der Waals surface area contributed by atoms with E-state index in [2.05, 4.69) is 4.98 Å². The molecule has 0 spiro atoms. The van der Waals surface area contributed by atoms with Gasteiger partial charge in [0.05, 0.1) is 0 Å². The standard InChI is InChI=1S/C11H17ClN2O2S/c1-4-9(3)14(5-2)17(15,16)10-7-6-8-13-11(10)12/h6-9H,4-5H2,1-3H3. The van der Waals surface area contributed by atoms with Gasteiger partial charge < -0.3 is 0 Å². The Kier molecular flexibility index (Phi) is 4.91. The molecule has 1 aromatic rings. The van der Waals surface area contributed by atoms with E-state index in [9.17, 15) is 8.42 Å². The van der Waals surface area contributed by atoms with Gasteiger partial charge in [0.2, 0.25) is 10.0 Å². The Hall–Kier alpha value is -0.650. The average Bonchev–Trinajstić information content (AvgIpc) is 2.29. The fourth-order valence-electron chi connectivity index (χ4n) is 1.61. The lowest BCUT2D eigenvalue weighted by molar-refractivity contribution is 0.342. The lowest BCUT2D eigenvalue weighted by Crippen LogP contribution is -2.38. The van der Waals surface area contributed by atoms with E-state index in [4.69, 9.17) is 11.6 Å². The molecule has 0 fully saturated rings. The third-order valence-electron chi connectivity index (χ3n) is 2.71. The molecule has 4 nitrogen and oxygen atoms in total. The third kappa shape index (κ3) is 2.97. The highest BCUT2D eigenvalue weighted by Gasteiger charge is 2.28. The zero-order valence-electron chi connectivity index (χ0n) is 10.2. The van der Waals surface area contributed by atoms with E-state index in [0.29, 0.717) is 6.54 Å². The number of sulfonamides is 1. The Labute approximate surface area is 108 Å². The minimum atomic E-state index is -3.55. The number of nitrogens with zero attached hydrogens (tertiary/aromatic N) is 2. The first kappa shape index (κ1) is 14.4. The van der Waals surface area contributed by atoms with E-state index in [1.165, 1.54) is 16.6 Å². The van der Waals surface area contributed by atoms with Crippen LogP contribution in [0.5, 0.6) is 0 Å². The molecular weight excluding hydrogens is 260 g/mol. The second kappa shape index (κ2) is 5.80. The van der Waals surface area contributed by atoms with Gasteiger partial charge in [-0.1, -0.05) is 25.4 Å². The summed E-state index contributed by atoms with van der Waals surface area (Å²) in [6.45, 7) is 6.07. The van der Waals surface area contributed by atoms with Gasteiger partial charge in [-0.2, -0.15) is 4.31 Å². The smallest absolute Gasteiger partial charge is 0.243 e. The summed E-state index contributed by atoms with van der Waals surface area (Å²) in [7, 11) is -3.55. The van der Waals surface area contributed by atoms with E-state index < -0.39 is 10.0 Å². The molecule has 1 heterocycles. The first-order chi connectivity index (χ1) is 7.95. The van der Waals surface area contributed by atoms with Crippen LogP contribution in [0.1, 0.15) is 27.2 Å². The van der Waals surface area contributed by atoms with Crippen molar-refractivity contribution < 1.29 is 8.42 Å². The molecule has 17 heavy (non-hydrogen) atoms. The number of halogens is 1. The molecule has 96 valence electrons. The molecule has 0 aliphatic heterocycles. The van der Waals surface area contributed by atoms with Crippen LogP contribution >= 0.6 is 11.6 Å². The topological polar surface area (TPSA) is 50.3 Å². The Morgan fingerprint density at radius 3 is 2.59 bits per heavy atom. The lowest BCUT2D eigenvalue weighted by Gasteiger charge is -2.26. The van der Waals surface area contributed by atoms with Crippen LogP contribution in [-0.4, -0.2) is 30.3 Å². The molecule has 0 aliphatic carbocycles. The first-order valence-electron chi connectivity index (χ1n) is 5.57. The summed E-state index contributed by atoms with van der Waals surface area (Å²) < 4.78 is 26.2. The Balaban J connectivity index is 3.23. The van der Waals surface area contributed by atoms with Gasteiger partial charge in [-0.05, 0) is 25.5 Å². The van der Waals surface area contributed by atoms with Crippen molar-refractivity contribution in [2.24, 2.45) is 0 Å². The van der Waals surface area contributed by atoms with Crippen molar-refractivity contribution in [2.75, 3.05) is 6.54 Å². The Bertz CT molecular complexity index is 476. The maximum atomic E-state index is 12.4. The van der Waals surface area contributed by atoms with Crippen molar-refractivity contribution >= 4 is 21.6 Å². The van der Waals surface area contributed by atoms with Gasteiger partial charge >= 0.3 is 0 Å². The largest absolute Gasteiger partial charge is 0.246 e. The molecule has 0 aliphatic rings. The predicted molar refractivity (Wildman–Crippen MR) is 68.6 cm³/mol. The number of hydrogen-bond donors (Lipinski definition) is 0. The molecule has 0 saturated heterocycles. The van der Waals surface area contributed by atoms with E-state index in [1.807, 2.05) is 20.8 Å². The molecule has 6 heteroatoms. The number of hydrogen-bond acceptors (Lipinski definition) is 3. The molecule has 0 N–H and O–H groups in total. The second-order valence-electron chi connectivity index (χ2n) is 3.76. The molecule has 0 saturated carbocycles. The normalized spacial score (nSPS) is 13.9. The highest BCUT2D eigenvalue weighted by Crippen LogP contribution is 2.24. The van der Waals surface area contributed by atoms with Crippen LogP contribution in [0.3, 0.4) is 0 Å². The Morgan fingerprint density at radius 2 is 2.12 bits per heavy atom. The summed E-state index contributed by atoms with van der Waals surface area (Å²) in [5, 5.41) is 0.0225. The fraction of sp³-hybridized carbons (Fsp3) is 0.545. The molecule has 1 rings (SSSR count). The third-order valence-corrected chi connectivity index (χ3v) is 5.24. The van der Waals surface area contributed by atoms with Gasteiger partial charge in [0.25, 0.3) is 0 Å². The molecule has 0 radical (unpaired) electrons. The fourth-order valence-corrected chi connectivity index (χ4v) is 3.76. The van der Waals surface area contributed by atoms with Gasteiger partial charge in [-0.15, -0.1) is 0 Å². The zero-order chi connectivity index (χ0) is 13.1. The van der Waals surface area contributed by atoms with E-state index >= 15 is 0 Å². The van der Waals surface area contributed by atoms with Crippen molar-refractivity contribution in [1.29, 1.82) is 0 Å². The van der Waals surface area contributed by atoms with E-state index in [0.717, 1.165) is 6.42 Å². The quantitative estimate of drug-likeness (QED) is 0.777. The Morgan fingerprint density at radius 1 is 1.47 bits per heavy atom. The van der Waals surface area contributed by atoms with Crippen LogP contribution in [0.25, 0.3) is 0 Å². The first-order valence-corrected chi connectivity index (χ1v) is 7.39. The summed E-state index contributed by atoms with van der Waals surface area (Å²) >= 11 is 5.84. The maximum absolute atomic E-state index is 12.4. The predicted octanol–water partition coefficient (Wildman–Crippen LogP) is 2.54. The molecule has 1 aromatic heterocycles. The van der Waals surface area contributed by atoms with Crippen molar-refractivity contribution in [3.05, 3.63) is 23.5 Å². The van der Waals surface area contributed by atoms with Crippen molar-refractivity contribution in [3.63, 3.8) is 0 Å². The van der Waals surface area contributed by atoms with Crippen molar-refractivity contribution in [3.8, 4) is 0 Å². The van der Waals surface area contributed by atoms with Crippen LogP contribution in [0.2, 0.25) is 5.15 Å². The minimum absolute atomic E-state index is 0.0225. The van der Waals surface area contributed by atoms with Gasteiger partial charge in [-0.3, -0.25) is 0 Å². The summed E-state index contributed by atoms with van der Waals surface area (Å²) in [5.41, 5.74) is 0. The molecule has 0 amide bonds. The summed E-state index contributed by atoms with van der Waals surface area (Å²) in [5.74, 6) is 0.